The van der Waals surface area contributed by atoms with Crippen molar-refractivity contribution in [3.8, 4) is 17.2 Å². The molecule has 0 aliphatic carbocycles. The van der Waals surface area contributed by atoms with Crippen molar-refractivity contribution in [2.75, 3.05) is 12.4 Å². The summed E-state index contributed by atoms with van der Waals surface area (Å²) in [5.41, 5.74) is -0.741. The van der Waals surface area contributed by atoms with Crippen LogP contribution in [0.15, 0.2) is 40.9 Å². The van der Waals surface area contributed by atoms with Crippen LogP contribution >= 0.6 is 15.9 Å². The summed E-state index contributed by atoms with van der Waals surface area (Å²) in [5.74, 6) is 0.683. The van der Waals surface area contributed by atoms with Gasteiger partial charge in [0.05, 0.1) is 17.3 Å². The van der Waals surface area contributed by atoms with Crippen LogP contribution in [0.25, 0.3) is 0 Å². The van der Waals surface area contributed by atoms with E-state index in [-0.39, 0.29) is 5.69 Å². The Morgan fingerprint density at radius 1 is 1.12 bits per heavy atom. The molecule has 2 aromatic carbocycles. The minimum Gasteiger partial charge on any atom is -0.493 e. The molecule has 1 amide bonds. The van der Waals surface area contributed by atoms with E-state index in [1.165, 1.54) is 19.2 Å². The van der Waals surface area contributed by atoms with Crippen LogP contribution in [-0.2, 0) is 4.74 Å². The molecule has 5 nitrogen and oxygen atoms in total. The van der Waals surface area contributed by atoms with Crippen LogP contribution in [-0.4, -0.2) is 18.8 Å². The van der Waals surface area contributed by atoms with Gasteiger partial charge in [-0.1, -0.05) is 12.1 Å². The third kappa shape index (κ3) is 5.35. The molecular weight excluding hydrogens is 393 g/mol. The molecule has 0 heterocycles. The Morgan fingerprint density at radius 3 is 2.36 bits per heavy atom. The Bertz CT molecular complexity index is 774. The molecule has 0 saturated heterocycles. The van der Waals surface area contributed by atoms with Crippen LogP contribution in [0.2, 0.25) is 0 Å². The number of hydrogen-bond donors (Lipinski definition) is 1. The molecule has 0 atom stereocenters. The Morgan fingerprint density at radius 2 is 1.76 bits per heavy atom. The van der Waals surface area contributed by atoms with Gasteiger partial charge in [0.15, 0.2) is 11.5 Å². The van der Waals surface area contributed by atoms with Crippen LogP contribution in [0.1, 0.15) is 20.8 Å². The SMILES string of the molecule is COc1ccccc1Oc1cc(NC(=O)OC(C)(C)C)c(F)cc1Br. The maximum absolute atomic E-state index is 14.1. The fourth-order valence-corrected chi connectivity index (χ4v) is 2.33. The highest BCUT2D eigenvalue weighted by molar-refractivity contribution is 9.10. The number of amides is 1. The van der Waals surface area contributed by atoms with Crippen LogP contribution in [0.3, 0.4) is 0 Å². The van der Waals surface area contributed by atoms with Crippen molar-refractivity contribution >= 4 is 27.7 Å². The van der Waals surface area contributed by atoms with E-state index >= 15 is 0 Å². The molecule has 7 heteroatoms. The monoisotopic (exact) mass is 411 g/mol. The van der Waals surface area contributed by atoms with Crippen molar-refractivity contribution in [3.63, 3.8) is 0 Å². The number of benzene rings is 2. The van der Waals surface area contributed by atoms with Crippen LogP contribution in [0.4, 0.5) is 14.9 Å². The third-order valence-corrected chi connectivity index (χ3v) is 3.57. The number of anilines is 1. The van der Waals surface area contributed by atoms with Crippen molar-refractivity contribution in [1.82, 2.24) is 0 Å². The van der Waals surface area contributed by atoms with E-state index in [1.54, 1.807) is 45.0 Å². The van der Waals surface area contributed by atoms with Crippen LogP contribution in [0.5, 0.6) is 17.2 Å². The summed E-state index contributed by atoms with van der Waals surface area (Å²) in [6, 6.07) is 9.63. The fraction of sp³-hybridized carbons (Fsp3) is 0.278. The lowest BCUT2D eigenvalue weighted by atomic mass is 10.2. The van der Waals surface area contributed by atoms with Gasteiger partial charge in [-0.25, -0.2) is 9.18 Å². The van der Waals surface area contributed by atoms with E-state index in [1.807, 2.05) is 0 Å². The summed E-state index contributed by atoms with van der Waals surface area (Å²) in [6.45, 7) is 5.17. The number of nitrogens with one attached hydrogen (secondary N) is 1. The molecule has 0 fully saturated rings. The fourth-order valence-electron chi connectivity index (χ4n) is 1.94. The summed E-state index contributed by atoms with van der Waals surface area (Å²) in [7, 11) is 1.53. The molecule has 0 unspecified atom stereocenters. The number of halogens is 2. The minimum absolute atomic E-state index is 0.0534. The number of rotatable bonds is 4. The Balaban J connectivity index is 2.27. The van der Waals surface area contributed by atoms with Gasteiger partial charge in [-0.3, -0.25) is 5.32 Å². The molecule has 0 aliphatic heterocycles. The predicted octanol–water partition coefficient (Wildman–Crippen LogP) is 5.74. The summed E-state index contributed by atoms with van der Waals surface area (Å²) < 4.78 is 30.7. The zero-order chi connectivity index (χ0) is 18.6. The van der Waals surface area contributed by atoms with E-state index < -0.39 is 17.5 Å². The first-order valence-corrected chi connectivity index (χ1v) is 8.29. The second-order valence-electron chi connectivity index (χ2n) is 6.14. The molecule has 0 aliphatic rings. The van der Waals surface area contributed by atoms with Gasteiger partial charge >= 0.3 is 6.09 Å². The smallest absolute Gasteiger partial charge is 0.412 e. The molecule has 0 aromatic heterocycles. The molecule has 1 N–H and O–H groups in total. The van der Waals surface area contributed by atoms with E-state index in [0.29, 0.717) is 21.7 Å². The zero-order valence-corrected chi connectivity index (χ0v) is 15.9. The number of ether oxygens (including phenoxy) is 3. The highest BCUT2D eigenvalue weighted by atomic mass is 79.9. The number of para-hydroxylation sites is 2. The standard InChI is InChI=1S/C18H19BrFNO4/c1-18(2,3)25-17(22)21-13-10-16(11(19)9-12(13)20)24-15-8-6-5-7-14(15)23-4/h5-10H,1-4H3,(H,21,22). The average molecular weight is 412 g/mol. The van der Waals surface area contributed by atoms with Gasteiger partial charge in [0, 0.05) is 6.07 Å². The van der Waals surface area contributed by atoms with Crippen molar-refractivity contribution in [3.05, 3.63) is 46.7 Å². The predicted molar refractivity (Wildman–Crippen MR) is 97.0 cm³/mol. The summed E-state index contributed by atoms with van der Waals surface area (Å²) >= 11 is 3.25. The highest BCUT2D eigenvalue weighted by Crippen LogP contribution is 2.37. The maximum atomic E-state index is 14.1. The number of hydrogen-bond acceptors (Lipinski definition) is 4. The zero-order valence-electron chi connectivity index (χ0n) is 14.4. The summed E-state index contributed by atoms with van der Waals surface area (Å²) in [4.78, 5) is 11.9. The second-order valence-corrected chi connectivity index (χ2v) is 7.00. The molecule has 0 spiro atoms. The quantitative estimate of drug-likeness (QED) is 0.696. The molecule has 134 valence electrons. The van der Waals surface area contributed by atoms with Gasteiger partial charge in [0.25, 0.3) is 0 Å². The first-order chi connectivity index (χ1) is 11.7. The molecule has 25 heavy (non-hydrogen) atoms. The molecule has 0 bridgehead atoms. The van der Waals surface area contributed by atoms with Crippen LogP contribution in [0, 0.1) is 5.82 Å². The van der Waals surface area contributed by atoms with E-state index in [9.17, 15) is 9.18 Å². The van der Waals surface area contributed by atoms with Crippen molar-refractivity contribution in [1.29, 1.82) is 0 Å². The van der Waals surface area contributed by atoms with Gasteiger partial charge in [-0.2, -0.15) is 0 Å². The Hall–Kier alpha value is -2.28. The summed E-state index contributed by atoms with van der Waals surface area (Å²) in [6.07, 6.45) is -0.753. The maximum Gasteiger partial charge on any atom is 0.412 e. The van der Waals surface area contributed by atoms with Gasteiger partial charge in [0.2, 0.25) is 0 Å². The molecule has 0 saturated carbocycles. The van der Waals surface area contributed by atoms with Crippen molar-refractivity contribution in [2.45, 2.75) is 26.4 Å². The van der Waals surface area contributed by atoms with Gasteiger partial charge in [0.1, 0.15) is 17.2 Å². The van der Waals surface area contributed by atoms with Crippen LogP contribution < -0.4 is 14.8 Å². The Kier molecular flexibility index (Phi) is 5.89. The Labute approximate surface area is 154 Å². The number of methoxy groups -OCH3 is 1. The molecule has 2 aromatic rings. The number of carbonyl (C=O) groups excluding carboxylic acids is 1. The highest BCUT2D eigenvalue weighted by Gasteiger charge is 2.19. The van der Waals surface area contributed by atoms with E-state index in [4.69, 9.17) is 14.2 Å². The first-order valence-electron chi connectivity index (χ1n) is 7.49. The van der Waals surface area contributed by atoms with E-state index in [2.05, 4.69) is 21.2 Å². The third-order valence-electron chi connectivity index (χ3n) is 2.95. The lowest BCUT2D eigenvalue weighted by Crippen LogP contribution is -2.27. The molecule has 2 rings (SSSR count). The van der Waals surface area contributed by atoms with Gasteiger partial charge in [-0.15, -0.1) is 0 Å². The van der Waals surface area contributed by atoms with Gasteiger partial charge in [-0.05, 0) is 54.9 Å². The molecule has 0 radical (unpaired) electrons. The van der Waals surface area contributed by atoms with Gasteiger partial charge < -0.3 is 14.2 Å². The summed E-state index contributed by atoms with van der Waals surface area (Å²) in [5, 5.41) is 2.38. The minimum atomic E-state index is -0.753. The lowest BCUT2D eigenvalue weighted by molar-refractivity contribution is 0.0635. The normalized spacial score (nSPS) is 11.0. The second kappa shape index (κ2) is 7.74. The largest absolute Gasteiger partial charge is 0.493 e. The van der Waals surface area contributed by atoms with Crippen molar-refractivity contribution in [2.24, 2.45) is 0 Å². The van der Waals surface area contributed by atoms with E-state index in [0.717, 1.165) is 0 Å². The number of carbonyl (C=O) groups is 1. The first kappa shape index (κ1) is 19.1. The molecular formula is C18H19BrFNO4. The van der Waals surface area contributed by atoms with Crippen molar-refractivity contribution < 1.29 is 23.4 Å². The average Bonchev–Trinajstić information content (AvgIpc) is 2.50. The topological polar surface area (TPSA) is 56.8 Å². The lowest BCUT2D eigenvalue weighted by Gasteiger charge is -2.20.